The Hall–Kier alpha value is -1.87. The summed E-state index contributed by atoms with van der Waals surface area (Å²) in [6.45, 7) is 0.888. The van der Waals surface area contributed by atoms with Gasteiger partial charge in [-0.3, -0.25) is 4.98 Å². The van der Waals surface area contributed by atoms with Crippen LogP contribution in [0.1, 0.15) is 5.69 Å². The summed E-state index contributed by atoms with van der Waals surface area (Å²) in [5, 5.41) is 5.94. The Kier molecular flexibility index (Phi) is 3.97. The molecule has 1 N–H and O–H groups in total. The fraction of sp³-hybridized carbons (Fsp3) is 0.118. The van der Waals surface area contributed by atoms with Crippen LogP contribution in [-0.4, -0.2) is 11.5 Å². The Balaban J connectivity index is 1.67. The van der Waals surface area contributed by atoms with Crippen molar-refractivity contribution in [2.24, 2.45) is 0 Å². The van der Waals surface area contributed by atoms with E-state index >= 15 is 0 Å². The Bertz CT molecular complexity index is 711. The summed E-state index contributed by atoms with van der Waals surface area (Å²) >= 11 is 3.50. The van der Waals surface area contributed by atoms with Crippen LogP contribution in [0.15, 0.2) is 65.3 Å². The van der Waals surface area contributed by atoms with E-state index in [1.54, 1.807) is 0 Å². The molecule has 2 aromatic carbocycles. The summed E-state index contributed by atoms with van der Waals surface area (Å²) in [4.78, 5) is 4.32. The van der Waals surface area contributed by atoms with Gasteiger partial charge in [-0.25, -0.2) is 0 Å². The van der Waals surface area contributed by atoms with Crippen molar-refractivity contribution in [2.45, 2.75) is 6.42 Å². The first-order valence-corrected chi connectivity index (χ1v) is 7.44. The molecule has 1 aromatic heterocycles. The number of nitrogens with one attached hydrogen (secondary N) is 1. The standard InChI is InChI=1S/C17H15BrN2/c18-15-6-4-14-12-17(7-5-13(14)11-15)20-10-8-16-3-1-2-9-19-16/h1-7,9,11-12,20H,8,10H2. The lowest BCUT2D eigenvalue weighted by atomic mass is 10.1. The van der Waals surface area contributed by atoms with Crippen molar-refractivity contribution < 1.29 is 0 Å². The molecule has 3 heteroatoms. The van der Waals surface area contributed by atoms with Crippen molar-refractivity contribution in [2.75, 3.05) is 11.9 Å². The van der Waals surface area contributed by atoms with Gasteiger partial charge in [0, 0.05) is 35.0 Å². The maximum absolute atomic E-state index is 4.32. The van der Waals surface area contributed by atoms with E-state index in [-0.39, 0.29) is 0 Å². The molecule has 0 unspecified atom stereocenters. The first-order chi connectivity index (χ1) is 9.81. The molecule has 0 spiro atoms. The number of hydrogen-bond acceptors (Lipinski definition) is 2. The highest BCUT2D eigenvalue weighted by Crippen LogP contribution is 2.22. The monoisotopic (exact) mass is 326 g/mol. The Morgan fingerprint density at radius 2 is 1.80 bits per heavy atom. The van der Waals surface area contributed by atoms with E-state index in [1.807, 2.05) is 18.3 Å². The SMILES string of the molecule is Brc1ccc2cc(NCCc3ccccn3)ccc2c1. The van der Waals surface area contributed by atoms with Gasteiger partial charge in [0.2, 0.25) is 0 Å². The summed E-state index contributed by atoms with van der Waals surface area (Å²) in [5.41, 5.74) is 2.26. The van der Waals surface area contributed by atoms with Crippen LogP contribution in [-0.2, 0) is 6.42 Å². The Labute approximate surface area is 127 Å². The van der Waals surface area contributed by atoms with E-state index in [2.05, 4.69) is 68.7 Å². The zero-order valence-electron chi connectivity index (χ0n) is 11.0. The largest absolute Gasteiger partial charge is 0.385 e. The molecule has 0 amide bonds. The minimum Gasteiger partial charge on any atom is -0.385 e. The molecule has 0 aliphatic rings. The van der Waals surface area contributed by atoms with Crippen molar-refractivity contribution in [3.63, 3.8) is 0 Å². The summed E-state index contributed by atoms with van der Waals surface area (Å²) in [6.07, 6.45) is 2.77. The number of aromatic nitrogens is 1. The van der Waals surface area contributed by atoms with Gasteiger partial charge < -0.3 is 5.32 Å². The van der Waals surface area contributed by atoms with Crippen molar-refractivity contribution in [3.05, 3.63) is 71.0 Å². The number of halogens is 1. The molecular weight excluding hydrogens is 312 g/mol. The van der Waals surface area contributed by atoms with Crippen molar-refractivity contribution in [1.29, 1.82) is 0 Å². The average molecular weight is 327 g/mol. The number of nitrogens with zero attached hydrogens (tertiary/aromatic N) is 1. The number of rotatable bonds is 4. The topological polar surface area (TPSA) is 24.9 Å². The van der Waals surface area contributed by atoms with Crippen molar-refractivity contribution in [1.82, 2.24) is 4.98 Å². The predicted molar refractivity (Wildman–Crippen MR) is 88.1 cm³/mol. The third-order valence-corrected chi connectivity index (χ3v) is 3.73. The smallest absolute Gasteiger partial charge is 0.0421 e. The number of anilines is 1. The summed E-state index contributed by atoms with van der Waals surface area (Å²) in [6, 6.07) is 18.8. The van der Waals surface area contributed by atoms with Gasteiger partial charge >= 0.3 is 0 Å². The van der Waals surface area contributed by atoms with E-state index in [9.17, 15) is 0 Å². The van der Waals surface area contributed by atoms with Gasteiger partial charge in [0.05, 0.1) is 0 Å². The second kappa shape index (κ2) is 6.06. The molecule has 0 aliphatic heterocycles. The Morgan fingerprint density at radius 1 is 0.950 bits per heavy atom. The average Bonchev–Trinajstić information content (AvgIpc) is 2.48. The third kappa shape index (κ3) is 3.17. The van der Waals surface area contributed by atoms with E-state index in [0.717, 1.165) is 28.8 Å². The van der Waals surface area contributed by atoms with Crippen LogP contribution >= 0.6 is 15.9 Å². The molecule has 3 rings (SSSR count). The second-order valence-corrected chi connectivity index (χ2v) is 5.62. The first kappa shape index (κ1) is 13.1. The lowest BCUT2D eigenvalue weighted by molar-refractivity contribution is 0.962. The molecule has 0 fully saturated rings. The minimum absolute atomic E-state index is 0.888. The van der Waals surface area contributed by atoms with Gasteiger partial charge in [0.25, 0.3) is 0 Å². The molecule has 1 heterocycles. The molecule has 20 heavy (non-hydrogen) atoms. The first-order valence-electron chi connectivity index (χ1n) is 6.64. The molecule has 3 aromatic rings. The van der Waals surface area contributed by atoms with E-state index < -0.39 is 0 Å². The van der Waals surface area contributed by atoms with Gasteiger partial charge in [-0.2, -0.15) is 0 Å². The molecular formula is C17H15BrN2. The molecule has 0 radical (unpaired) electrons. The lowest BCUT2D eigenvalue weighted by Gasteiger charge is -2.07. The predicted octanol–water partition coefficient (Wildman–Crippen LogP) is 4.65. The normalized spacial score (nSPS) is 10.7. The lowest BCUT2D eigenvalue weighted by Crippen LogP contribution is -2.05. The van der Waals surface area contributed by atoms with Crippen LogP contribution in [0.2, 0.25) is 0 Å². The second-order valence-electron chi connectivity index (χ2n) is 4.70. The highest BCUT2D eigenvalue weighted by Gasteiger charge is 1.98. The van der Waals surface area contributed by atoms with E-state index in [4.69, 9.17) is 0 Å². The molecule has 0 bridgehead atoms. The third-order valence-electron chi connectivity index (χ3n) is 3.24. The summed E-state index contributed by atoms with van der Waals surface area (Å²) in [7, 11) is 0. The van der Waals surface area contributed by atoms with Gasteiger partial charge in [-0.15, -0.1) is 0 Å². The summed E-state index contributed by atoms with van der Waals surface area (Å²) < 4.78 is 1.11. The number of pyridine rings is 1. The van der Waals surface area contributed by atoms with Gasteiger partial charge in [0.15, 0.2) is 0 Å². The van der Waals surface area contributed by atoms with Crippen LogP contribution in [0.3, 0.4) is 0 Å². The van der Waals surface area contributed by atoms with Crippen LogP contribution in [0, 0.1) is 0 Å². The van der Waals surface area contributed by atoms with Crippen molar-refractivity contribution >= 4 is 32.4 Å². The molecule has 0 saturated heterocycles. The maximum Gasteiger partial charge on any atom is 0.0421 e. The molecule has 0 saturated carbocycles. The molecule has 2 nitrogen and oxygen atoms in total. The number of fused-ring (bicyclic) bond motifs is 1. The van der Waals surface area contributed by atoms with E-state index in [0.29, 0.717) is 0 Å². The van der Waals surface area contributed by atoms with Crippen LogP contribution < -0.4 is 5.32 Å². The van der Waals surface area contributed by atoms with Crippen molar-refractivity contribution in [3.8, 4) is 0 Å². The van der Waals surface area contributed by atoms with Crippen LogP contribution in [0.5, 0.6) is 0 Å². The quantitative estimate of drug-likeness (QED) is 0.754. The number of hydrogen-bond donors (Lipinski definition) is 1. The van der Waals surface area contributed by atoms with Gasteiger partial charge in [0.1, 0.15) is 0 Å². The zero-order valence-corrected chi connectivity index (χ0v) is 12.6. The van der Waals surface area contributed by atoms with Crippen LogP contribution in [0.4, 0.5) is 5.69 Å². The fourth-order valence-corrected chi connectivity index (χ4v) is 2.59. The van der Waals surface area contributed by atoms with Gasteiger partial charge in [-0.1, -0.05) is 34.1 Å². The highest BCUT2D eigenvalue weighted by molar-refractivity contribution is 9.10. The number of benzene rings is 2. The van der Waals surface area contributed by atoms with Crippen LogP contribution in [0.25, 0.3) is 10.8 Å². The minimum atomic E-state index is 0.888. The molecule has 0 aliphatic carbocycles. The Morgan fingerprint density at radius 3 is 2.65 bits per heavy atom. The summed E-state index contributed by atoms with van der Waals surface area (Å²) in [5.74, 6) is 0. The zero-order chi connectivity index (χ0) is 13.8. The molecule has 0 atom stereocenters. The fourth-order valence-electron chi connectivity index (χ4n) is 2.21. The maximum atomic E-state index is 4.32. The highest BCUT2D eigenvalue weighted by atomic mass is 79.9. The van der Waals surface area contributed by atoms with Gasteiger partial charge in [-0.05, 0) is 47.2 Å². The molecule has 100 valence electrons. The van der Waals surface area contributed by atoms with E-state index in [1.165, 1.54) is 10.8 Å².